The molecule has 0 bridgehead atoms. The van der Waals surface area contributed by atoms with E-state index < -0.39 is 15.5 Å². The molecular weight excluding hydrogens is 580 g/mol. The summed E-state index contributed by atoms with van der Waals surface area (Å²) in [6, 6.07) is 28.1. The second-order valence-corrected chi connectivity index (χ2v) is 7.47. The minimum absolute atomic E-state index is 0. The number of halogens is 5. The first kappa shape index (κ1) is 25.8. The van der Waals surface area contributed by atoms with E-state index in [4.69, 9.17) is 0 Å². The molecule has 0 spiro atoms. The SMILES string of the molecule is C[n+]1ccccc1[PH+](c1ccccc1)c1ccccc1.FB(F)F.[Cl][Au].[F-]. The number of nitrogens with zero attached hydrogens (tertiary/aromatic N) is 1. The zero-order chi connectivity index (χ0) is 19.4. The molecule has 0 saturated carbocycles. The van der Waals surface area contributed by atoms with Gasteiger partial charge < -0.3 is 4.70 Å². The van der Waals surface area contributed by atoms with Gasteiger partial charge in [-0.3, -0.25) is 12.9 Å². The number of benzene rings is 2. The summed E-state index contributed by atoms with van der Waals surface area (Å²) in [5.74, 6) is 0. The van der Waals surface area contributed by atoms with Crippen LogP contribution in [-0.2, 0) is 27.0 Å². The van der Waals surface area contributed by atoms with Crippen LogP contribution < -0.4 is 25.3 Å². The van der Waals surface area contributed by atoms with E-state index in [0.717, 1.165) is 0 Å². The minimum Gasteiger partial charge on any atom is -1.00 e. The maximum atomic E-state index is 9.67. The standard InChI is InChI=1S/C18H17NP.Au.BF3.ClH.FH/c1-19-15-9-8-14-18(19)20(16-10-4-2-5-11-16)17-12-6-3-7-13-17;;2-1(3)4;;/h2-15H,1H3;;;2*1H/q2*+1;;;/p-1. The molecule has 1 nitrogen and oxygen atoms in total. The first-order valence-corrected chi connectivity index (χ1v) is 11.7. The Morgan fingerprint density at radius 3 is 1.52 bits per heavy atom. The fourth-order valence-corrected chi connectivity index (χ4v) is 5.12. The fraction of sp³-hybridized carbons (Fsp3) is 0.0556. The van der Waals surface area contributed by atoms with Crippen LogP contribution in [0.15, 0.2) is 85.1 Å². The summed E-state index contributed by atoms with van der Waals surface area (Å²) in [6.07, 6.45) is 2.13. The van der Waals surface area contributed by atoms with Crippen LogP contribution in [0.5, 0.6) is 0 Å². The molecule has 0 fully saturated rings. The number of aromatic nitrogens is 1. The van der Waals surface area contributed by atoms with Gasteiger partial charge in [0, 0.05) is 12.1 Å². The Kier molecular flexibility index (Phi) is 14.2. The molecular formula is C18H18AuBClF4NP+. The molecule has 0 amide bonds. The summed E-state index contributed by atoms with van der Waals surface area (Å²) in [6.45, 7) is 0. The molecule has 0 radical (unpaired) electrons. The van der Waals surface area contributed by atoms with Crippen molar-refractivity contribution in [3.05, 3.63) is 85.1 Å². The molecule has 1 heterocycles. The zero-order valence-electron chi connectivity index (χ0n) is 14.3. The number of aryl methyl sites for hydroxylation is 1. The van der Waals surface area contributed by atoms with Crippen LogP contribution in [-0.4, -0.2) is 7.54 Å². The maximum Gasteiger partial charge on any atom is -1.00 e. The van der Waals surface area contributed by atoms with Gasteiger partial charge in [-0.15, -0.1) is 0 Å². The number of pyridine rings is 1. The quantitative estimate of drug-likeness (QED) is 0.180. The van der Waals surface area contributed by atoms with Gasteiger partial charge in [-0.2, -0.15) is 4.57 Å². The largest absolute Gasteiger partial charge is 1.00 e. The number of hydrogen-bond acceptors (Lipinski definition) is 0. The van der Waals surface area contributed by atoms with Crippen LogP contribution in [0.2, 0.25) is 0 Å². The van der Waals surface area contributed by atoms with E-state index in [9.17, 15) is 12.9 Å². The molecule has 9 heteroatoms. The van der Waals surface area contributed by atoms with E-state index in [0.29, 0.717) is 0 Å². The Morgan fingerprint density at radius 2 is 1.15 bits per heavy atom. The van der Waals surface area contributed by atoms with Gasteiger partial charge in [-0.05, 0) is 30.3 Å². The van der Waals surface area contributed by atoms with Crippen molar-refractivity contribution in [1.29, 1.82) is 0 Å². The van der Waals surface area contributed by atoms with E-state index in [-0.39, 0.29) is 4.70 Å². The van der Waals surface area contributed by atoms with Crippen LogP contribution in [0.3, 0.4) is 0 Å². The van der Waals surface area contributed by atoms with Gasteiger partial charge >= 0.3 is 42.2 Å². The molecule has 3 rings (SSSR count). The predicted molar refractivity (Wildman–Crippen MR) is 103 cm³/mol. The number of hydrogen-bond donors (Lipinski definition) is 0. The van der Waals surface area contributed by atoms with Crippen molar-refractivity contribution >= 4 is 40.7 Å². The average Bonchev–Trinajstić information content (AvgIpc) is 2.67. The van der Waals surface area contributed by atoms with E-state index in [1.54, 1.807) is 20.0 Å². The summed E-state index contributed by atoms with van der Waals surface area (Å²) in [5.41, 5.74) is 1.40. The molecule has 148 valence electrons. The van der Waals surface area contributed by atoms with E-state index in [1.807, 2.05) is 0 Å². The monoisotopic (exact) mass is 598 g/mol. The van der Waals surface area contributed by atoms with E-state index >= 15 is 0 Å². The third-order valence-electron chi connectivity index (χ3n) is 3.44. The van der Waals surface area contributed by atoms with E-state index in [2.05, 4.69) is 106 Å². The topological polar surface area (TPSA) is 3.88 Å². The Hall–Kier alpha value is -1.16. The molecule has 0 atom stereocenters. The van der Waals surface area contributed by atoms with E-state index in [1.165, 1.54) is 16.0 Å². The van der Waals surface area contributed by atoms with Gasteiger partial charge in [0.05, 0.1) is 0 Å². The van der Waals surface area contributed by atoms with Crippen molar-refractivity contribution in [2.45, 2.75) is 0 Å². The van der Waals surface area contributed by atoms with Gasteiger partial charge in [-0.1, -0.05) is 36.4 Å². The second-order valence-electron chi connectivity index (χ2n) is 5.05. The molecule has 3 aromatic rings. The minimum atomic E-state index is -3.67. The molecule has 1 aromatic heterocycles. The Balaban J connectivity index is 0.000000861. The maximum absolute atomic E-state index is 9.67. The molecule has 0 N–H and O–H groups in total. The van der Waals surface area contributed by atoms with Crippen molar-refractivity contribution in [2.75, 3.05) is 0 Å². The van der Waals surface area contributed by atoms with Crippen molar-refractivity contribution in [2.24, 2.45) is 7.05 Å². The zero-order valence-corrected chi connectivity index (χ0v) is 18.2. The summed E-state index contributed by atoms with van der Waals surface area (Å²) < 4.78 is 31.2. The predicted octanol–water partition coefficient (Wildman–Crippen LogP) is 0.572. The van der Waals surface area contributed by atoms with Crippen LogP contribution in [0.1, 0.15) is 0 Å². The Morgan fingerprint density at radius 1 is 0.778 bits per heavy atom. The van der Waals surface area contributed by atoms with Crippen LogP contribution in [0, 0.1) is 0 Å². The van der Waals surface area contributed by atoms with Gasteiger partial charge in [0.1, 0.15) is 17.7 Å². The summed E-state index contributed by atoms with van der Waals surface area (Å²) >= 11 is 1.75. The summed E-state index contributed by atoms with van der Waals surface area (Å²) in [5, 5.41) is 2.84. The van der Waals surface area contributed by atoms with Crippen LogP contribution in [0.25, 0.3) is 0 Å². The first-order chi connectivity index (χ1) is 12.6. The van der Waals surface area contributed by atoms with Gasteiger partial charge in [-0.25, -0.2) is 0 Å². The fourth-order valence-electron chi connectivity index (χ4n) is 2.46. The third-order valence-corrected chi connectivity index (χ3v) is 6.29. The molecule has 27 heavy (non-hydrogen) atoms. The Labute approximate surface area is 174 Å². The molecule has 2 aromatic carbocycles. The first-order valence-electron chi connectivity index (χ1n) is 7.56. The van der Waals surface area contributed by atoms with Gasteiger partial charge in [0.15, 0.2) is 14.1 Å². The number of rotatable bonds is 3. The third kappa shape index (κ3) is 9.05. The van der Waals surface area contributed by atoms with Crippen molar-refractivity contribution in [3.8, 4) is 0 Å². The average molecular weight is 599 g/mol. The molecule has 0 aliphatic rings. The molecule has 0 aliphatic heterocycles. The molecule has 0 saturated heterocycles. The van der Waals surface area contributed by atoms with Crippen LogP contribution >= 0.6 is 17.1 Å². The van der Waals surface area contributed by atoms with Crippen LogP contribution in [0.4, 0.5) is 12.9 Å². The van der Waals surface area contributed by atoms with Crippen molar-refractivity contribution in [1.82, 2.24) is 0 Å². The summed E-state index contributed by atoms with van der Waals surface area (Å²) in [7, 11) is 2.10. The molecule has 0 unspecified atom stereocenters. The second kappa shape index (κ2) is 14.8. The van der Waals surface area contributed by atoms with Gasteiger partial charge in [0.2, 0.25) is 0 Å². The summed E-state index contributed by atoms with van der Waals surface area (Å²) in [4.78, 5) is 0. The normalized spacial score (nSPS) is 9.19. The molecule has 0 aliphatic carbocycles. The van der Waals surface area contributed by atoms with Crippen molar-refractivity contribution in [3.63, 3.8) is 0 Å². The Bertz CT molecular complexity index is 714. The van der Waals surface area contributed by atoms with Crippen molar-refractivity contribution < 1.29 is 42.2 Å². The smallest absolute Gasteiger partial charge is 1.00 e. The van der Waals surface area contributed by atoms with Gasteiger partial charge in [0.25, 0.3) is 0 Å².